The zero-order valence-corrected chi connectivity index (χ0v) is 11.0. The number of nitrogens with two attached hydrogens (primary N) is 1. The Balaban J connectivity index is 2.23. The lowest BCUT2D eigenvalue weighted by atomic mass is 10.2. The molecule has 0 unspecified atom stereocenters. The molecular weight excluding hydrogens is 271 g/mol. The van der Waals surface area contributed by atoms with Gasteiger partial charge in [-0.2, -0.15) is 13.2 Å². The van der Waals surface area contributed by atoms with E-state index < -0.39 is 18.6 Å². The summed E-state index contributed by atoms with van der Waals surface area (Å²) >= 11 is 0. The van der Waals surface area contributed by atoms with Gasteiger partial charge in [0.15, 0.2) is 0 Å². The zero-order valence-electron chi connectivity index (χ0n) is 11.0. The standard InChI is InChI=1S/C13H18F3N3O/c14-13(15,16)6-1-2-7-18-12(20)19-11-5-3-4-10(8-11)9-17/h3-5,8H,1-2,6-7,9,17H2,(H2,18,19,20). The first-order valence-electron chi connectivity index (χ1n) is 6.31. The first-order chi connectivity index (χ1) is 9.40. The molecule has 1 aromatic carbocycles. The van der Waals surface area contributed by atoms with E-state index in [1.54, 1.807) is 18.2 Å². The number of carbonyl (C=O) groups is 1. The Morgan fingerprint density at radius 3 is 2.65 bits per heavy atom. The van der Waals surface area contributed by atoms with Gasteiger partial charge >= 0.3 is 12.2 Å². The van der Waals surface area contributed by atoms with E-state index in [-0.39, 0.29) is 19.4 Å². The quantitative estimate of drug-likeness (QED) is 0.705. The summed E-state index contributed by atoms with van der Waals surface area (Å²) in [5, 5.41) is 5.10. The van der Waals surface area contributed by atoms with Crippen LogP contribution in [0.25, 0.3) is 0 Å². The van der Waals surface area contributed by atoms with Gasteiger partial charge in [0, 0.05) is 25.2 Å². The largest absolute Gasteiger partial charge is 0.389 e. The van der Waals surface area contributed by atoms with Crippen LogP contribution in [0.2, 0.25) is 0 Å². The van der Waals surface area contributed by atoms with Crippen molar-refractivity contribution in [1.82, 2.24) is 5.32 Å². The molecule has 20 heavy (non-hydrogen) atoms. The fourth-order valence-electron chi connectivity index (χ4n) is 1.60. The number of benzene rings is 1. The van der Waals surface area contributed by atoms with Gasteiger partial charge in [0.25, 0.3) is 0 Å². The molecule has 0 radical (unpaired) electrons. The second-order valence-electron chi connectivity index (χ2n) is 4.36. The molecule has 4 nitrogen and oxygen atoms in total. The molecular formula is C13H18F3N3O. The molecule has 2 amide bonds. The zero-order chi connectivity index (χ0) is 15.0. The van der Waals surface area contributed by atoms with Crippen LogP contribution in [0.3, 0.4) is 0 Å². The van der Waals surface area contributed by atoms with Crippen molar-refractivity contribution in [3.63, 3.8) is 0 Å². The van der Waals surface area contributed by atoms with Gasteiger partial charge in [-0.15, -0.1) is 0 Å². The molecule has 4 N–H and O–H groups in total. The molecule has 0 heterocycles. The molecule has 0 fully saturated rings. The molecule has 0 saturated heterocycles. The Hall–Kier alpha value is -1.76. The number of nitrogens with one attached hydrogen (secondary N) is 2. The third-order valence-electron chi connectivity index (χ3n) is 2.59. The highest BCUT2D eigenvalue weighted by Crippen LogP contribution is 2.21. The van der Waals surface area contributed by atoms with E-state index in [1.165, 1.54) is 0 Å². The summed E-state index contributed by atoms with van der Waals surface area (Å²) < 4.78 is 35.7. The summed E-state index contributed by atoms with van der Waals surface area (Å²) in [6.45, 7) is 0.576. The molecule has 0 aliphatic heterocycles. The number of hydrogen-bond donors (Lipinski definition) is 3. The predicted molar refractivity (Wildman–Crippen MR) is 71.3 cm³/mol. The van der Waals surface area contributed by atoms with Crippen LogP contribution in [-0.2, 0) is 6.54 Å². The van der Waals surface area contributed by atoms with E-state index >= 15 is 0 Å². The predicted octanol–water partition coefficient (Wildman–Crippen LogP) is 3.00. The first kappa shape index (κ1) is 16.3. The second-order valence-corrected chi connectivity index (χ2v) is 4.36. The fourth-order valence-corrected chi connectivity index (χ4v) is 1.60. The number of unbranched alkanes of at least 4 members (excludes halogenated alkanes) is 1. The highest BCUT2D eigenvalue weighted by molar-refractivity contribution is 5.89. The second kappa shape index (κ2) is 7.74. The highest BCUT2D eigenvalue weighted by atomic mass is 19.4. The number of carbonyl (C=O) groups excluding carboxylic acids is 1. The molecule has 1 rings (SSSR count). The van der Waals surface area contributed by atoms with Crippen molar-refractivity contribution in [3.05, 3.63) is 29.8 Å². The average Bonchev–Trinajstić information content (AvgIpc) is 2.37. The van der Waals surface area contributed by atoms with Crippen molar-refractivity contribution in [1.29, 1.82) is 0 Å². The molecule has 0 saturated carbocycles. The SMILES string of the molecule is NCc1cccc(NC(=O)NCCCCC(F)(F)F)c1. The average molecular weight is 289 g/mol. The number of anilines is 1. The Bertz CT molecular complexity index is 435. The van der Waals surface area contributed by atoms with Gasteiger partial charge in [-0.05, 0) is 30.5 Å². The van der Waals surface area contributed by atoms with Gasteiger partial charge in [0.1, 0.15) is 0 Å². The van der Waals surface area contributed by atoms with E-state index in [9.17, 15) is 18.0 Å². The first-order valence-corrected chi connectivity index (χ1v) is 6.31. The third kappa shape index (κ3) is 6.98. The van der Waals surface area contributed by atoms with Gasteiger partial charge in [-0.25, -0.2) is 4.79 Å². The van der Waals surface area contributed by atoms with E-state index in [0.29, 0.717) is 12.2 Å². The van der Waals surface area contributed by atoms with Crippen LogP contribution in [0.4, 0.5) is 23.7 Å². The maximum absolute atomic E-state index is 11.9. The number of halogens is 3. The van der Waals surface area contributed by atoms with Gasteiger partial charge in [0.05, 0.1) is 0 Å². The van der Waals surface area contributed by atoms with Crippen LogP contribution < -0.4 is 16.4 Å². The number of urea groups is 1. The maximum Gasteiger partial charge on any atom is 0.389 e. The minimum Gasteiger partial charge on any atom is -0.338 e. The Kier molecular flexibility index (Phi) is 6.30. The van der Waals surface area contributed by atoms with Crippen molar-refractivity contribution in [2.24, 2.45) is 5.73 Å². The molecule has 0 bridgehead atoms. The van der Waals surface area contributed by atoms with Crippen LogP contribution in [0.15, 0.2) is 24.3 Å². The Labute approximate surface area is 115 Å². The molecule has 112 valence electrons. The molecule has 1 aromatic rings. The molecule has 0 aromatic heterocycles. The lowest BCUT2D eigenvalue weighted by Gasteiger charge is -2.09. The van der Waals surface area contributed by atoms with Gasteiger partial charge in [-0.3, -0.25) is 0 Å². The third-order valence-corrected chi connectivity index (χ3v) is 2.59. The number of rotatable bonds is 6. The monoisotopic (exact) mass is 289 g/mol. The van der Waals surface area contributed by atoms with Gasteiger partial charge in [0.2, 0.25) is 0 Å². The normalized spacial score (nSPS) is 11.2. The topological polar surface area (TPSA) is 67.1 Å². The smallest absolute Gasteiger partial charge is 0.338 e. The van der Waals surface area contributed by atoms with Crippen molar-refractivity contribution < 1.29 is 18.0 Å². The van der Waals surface area contributed by atoms with Crippen LogP contribution in [0, 0.1) is 0 Å². The molecule has 0 atom stereocenters. The van der Waals surface area contributed by atoms with E-state index in [2.05, 4.69) is 10.6 Å². The lowest BCUT2D eigenvalue weighted by molar-refractivity contribution is -0.135. The summed E-state index contributed by atoms with van der Waals surface area (Å²) in [6.07, 6.45) is -4.66. The van der Waals surface area contributed by atoms with Crippen molar-refractivity contribution >= 4 is 11.7 Å². The number of hydrogen-bond acceptors (Lipinski definition) is 2. The van der Waals surface area contributed by atoms with Crippen molar-refractivity contribution in [2.45, 2.75) is 32.0 Å². The van der Waals surface area contributed by atoms with Crippen LogP contribution >= 0.6 is 0 Å². The Morgan fingerprint density at radius 2 is 2.00 bits per heavy atom. The molecule has 0 aliphatic carbocycles. The Morgan fingerprint density at radius 1 is 1.25 bits per heavy atom. The summed E-state index contributed by atoms with van der Waals surface area (Å²) in [6, 6.07) is 6.61. The molecule has 7 heteroatoms. The van der Waals surface area contributed by atoms with Gasteiger partial charge in [-0.1, -0.05) is 12.1 Å². The summed E-state index contributed by atoms with van der Waals surface area (Å²) in [5.74, 6) is 0. The van der Waals surface area contributed by atoms with Gasteiger partial charge < -0.3 is 16.4 Å². The molecule has 0 aliphatic rings. The number of alkyl halides is 3. The summed E-state index contributed by atoms with van der Waals surface area (Å²) in [5.41, 5.74) is 6.96. The van der Waals surface area contributed by atoms with Crippen molar-refractivity contribution in [2.75, 3.05) is 11.9 Å². The molecule has 0 spiro atoms. The van der Waals surface area contributed by atoms with E-state index in [0.717, 1.165) is 5.56 Å². The minimum absolute atomic E-state index is 0.00639. The van der Waals surface area contributed by atoms with Crippen LogP contribution in [-0.4, -0.2) is 18.8 Å². The maximum atomic E-state index is 11.9. The number of amides is 2. The van der Waals surface area contributed by atoms with Crippen LogP contribution in [0.1, 0.15) is 24.8 Å². The fraction of sp³-hybridized carbons (Fsp3) is 0.462. The minimum atomic E-state index is -4.13. The van der Waals surface area contributed by atoms with E-state index in [4.69, 9.17) is 5.73 Å². The van der Waals surface area contributed by atoms with Crippen LogP contribution in [0.5, 0.6) is 0 Å². The lowest BCUT2D eigenvalue weighted by Crippen LogP contribution is -2.29. The summed E-state index contributed by atoms with van der Waals surface area (Å²) in [4.78, 5) is 11.5. The summed E-state index contributed by atoms with van der Waals surface area (Å²) in [7, 11) is 0. The van der Waals surface area contributed by atoms with E-state index in [1.807, 2.05) is 6.07 Å². The highest BCUT2D eigenvalue weighted by Gasteiger charge is 2.25. The van der Waals surface area contributed by atoms with Crippen molar-refractivity contribution in [3.8, 4) is 0 Å².